The van der Waals surface area contributed by atoms with Gasteiger partial charge in [-0.15, -0.1) is 12.4 Å². The van der Waals surface area contributed by atoms with Gasteiger partial charge in [0.05, 0.1) is 12.1 Å². The first-order chi connectivity index (χ1) is 8.71. The van der Waals surface area contributed by atoms with Crippen LogP contribution in [0.1, 0.15) is 44.0 Å². The Morgan fingerprint density at radius 3 is 2.89 bits per heavy atom. The van der Waals surface area contributed by atoms with Gasteiger partial charge in [-0.3, -0.25) is 4.90 Å². The molecule has 0 radical (unpaired) electrons. The third-order valence-corrected chi connectivity index (χ3v) is 4.01. The third-order valence-electron chi connectivity index (χ3n) is 4.01. The van der Waals surface area contributed by atoms with E-state index in [4.69, 9.17) is 15.0 Å². The summed E-state index contributed by atoms with van der Waals surface area (Å²) in [7, 11) is 0. The molecule has 2 fully saturated rings. The predicted octanol–water partition coefficient (Wildman–Crippen LogP) is 1.22. The van der Waals surface area contributed by atoms with E-state index in [9.17, 15) is 0 Å². The summed E-state index contributed by atoms with van der Waals surface area (Å²) in [5.41, 5.74) is 5.82. The second kappa shape index (κ2) is 5.75. The number of rotatable bonds is 3. The minimum atomic E-state index is -0.360. The van der Waals surface area contributed by atoms with Crippen LogP contribution in [-0.2, 0) is 10.3 Å². The van der Waals surface area contributed by atoms with E-state index in [0.29, 0.717) is 18.3 Å². The lowest BCUT2D eigenvalue weighted by Gasteiger charge is -2.34. The van der Waals surface area contributed by atoms with Crippen LogP contribution < -0.4 is 5.73 Å². The lowest BCUT2D eigenvalue weighted by molar-refractivity contribution is -0.0431. The molecule has 1 aliphatic heterocycles. The lowest BCUT2D eigenvalue weighted by atomic mass is 9.77. The van der Waals surface area contributed by atoms with Gasteiger partial charge in [0.25, 0.3) is 5.89 Å². The molecular formula is C12H21ClN4O2. The van der Waals surface area contributed by atoms with E-state index in [1.165, 1.54) is 0 Å². The highest BCUT2D eigenvalue weighted by molar-refractivity contribution is 5.85. The van der Waals surface area contributed by atoms with Gasteiger partial charge >= 0.3 is 0 Å². The van der Waals surface area contributed by atoms with Crippen LogP contribution in [0.25, 0.3) is 0 Å². The molecule has 6 nitrogen and oxygen atoms in total. The van der Waals surface area contributed by atoms with E-state index in [0.717, 1.165) is 38.9 Å². The van der Waals surface area contributed by atoms with Crippen LogP contribution in [0.4, 0.5) is 0 Å². The molecule has 0 aromatic carbocycles. The van der Waals surface area contributed by atoms with Gasteiger partial charge in [0.15, 0.2) is 5.82 Å². The Morgan fingerprint density at radius 2 is 2.26 bits per heavy atom. The van der Waals surface area contributed by atoms with Gasteiger partial charge in [0.2, 0.25) is 0 Å². The van der Waals surface area contributed by atoms with Crippen LogP contribution in [-0.4, -0.2) is 41.3 Å². The van der Waals surface area contributed by atoms with Crippen molar-refractivity contribution in [2.45, 2.75) is 37.8 Å². The maximum atomic E-state index is 6.18. The summed E-state index contributed by atoms with van der Waals surface area (Å²) in [4.78, 5) is 6.76. The van der Waals surface area contributed by atoms with Crippen molar-refractivity contribution in [1.82, 2.24) is 15.0 Å². The van der Waals surface area contributed by atoms with Crippen LogP contribution in [0.3, 0.4) is 0 Å². The molecule has 2 aliphatic rings. The Morgan fingerprint density at radius 1 is 1.47 bits per heavy atom. The first-order valence-corrected chi connectivity index (χ1v) is 6.68. The lowest BCUT2D eigenvalue weighted by Crippen LogP contribution is -2.44. The standard InChI is InChI=1S/C12H20N4O2.ClH/c1-2-16-6-7-17-9(8-16)10-14-11(15-18-10)12(13)4-3-5-12;/h9H,2-8,13H2,1H3;1H. The number of halogens is 1. The maximum absolute atomic E-state index is 6.18. The summed E-state index contributed by atoms with van der Waals surface area (Å²) < 4.78 is 11.0. The molecular weight excluding hydrogens is 268 g/mol. The molecule has 1 saturated heterocycles. The topological polar surface area (TPSA) is 77.4 Å². The highest BCUT2D eigenvalue weighted by atomic mass is 35.5. The Labute approximate surface area is 119 Å². The van der Waals surface area contributed by atoms with Crippen LogP contribution in [0.5, 0.6) is 0 Å². The zero-order valence-electron chi connectivity index (χ0n) is 11.2. The second-order valence-corrected chi connectivity index (χ2v) is 5.22. The molecule has 1 unspecified atom stereocenters. The molecule has 1 aliphatic carbocycles. The summed E-state index contributed by atoms with van der Waals surface area (Å²) in [6.45, 7) is 5.65. The largest absolute Gasteiger partial charge is 0.366 e. The average Bonchev–Trinajstić information content (AvgIpc) is 2.86. The third kappa shape index (κ3) is 2.76. The van der Waals surface area contributed by atoms with Gasteiger partial charge < -0.3 is 15.0 Å². The van der Waals surface area contributed by atoms with Gasteiger partial charge in [-0.1, -0.05) is 12.1 Å². The molecule has 19 heavy (non-hydrogen) atoms. The van der Waals surface area contributed by atoms with Gasteiger partial charge in [0, 0.05) is 13.1 Å². The number of nitrogens with two attached hydrogens (primary N) is 1. The Kier molecular flexibility index (Phi) is 4.45. The zero-order chi connectivity index (χ0) is 12.6. The zero-order valence-corrected chi connectivity index (χ0v) is 12.0. The van der Waals surface area contributed by atoms with Crippen molar-refractivity contribution in [2.24, 2.45) is 5.73 Å². The quantitative estimate of drug-likeness (QED) is 0.901. The van der Waals surface area contributed by atoms with Crippen molar-refractivity contribution in [3.8, 4) is 0 Å². The highest BCUT2D eigenvalue weighted by Gasteiger charge is 2.40. The predicted molar refractivity (Wildman–Crippen MR) is 72.1 cm³/mol. The van der Waals surface area contributed by atoms with Crippen molar-refractivity contribution in [1.29, 1.82) is 0 Å². The highest BCUT2D eigenvalue weighted by Crippen LogP contribution is 2.37. The average molecular weight is 289 g/mol. The summed E-state index contributed by atoms with van der Waals surface area (Å²) in [6.07, 6.45) is 2.92. The summed E-state index contributed by atoms with van der Waals surface area (Å²) >= 11 is 0. The van der Waals surface area contributed by atoms with E-state index in [1.54, 1.807) is 0 Å². The van der Waals surface area contributed by atoms with Gasteiger partial charge in [-0.25, -0.2) is 0 Å². The number of nitrogens with zero attached hydrogens (tertiary/aromatic N) is 3. The fourth-order valence-electron chi connectivity index (χ4n) is 2.49. The van der Waals surface area contributed by atoms with Crippen molar-refractivity contribution >= 4 is 12.4 Å². The Balaban J connectivity index is 0.00000133. The van der Waals surface area contributed by atoms with Crippen LogP contribution in [0.15, 0.2) is 4.52 Å². The van der Waals surface area contributed by atoms with Crippen molar-refractivity contribution in [3.05, 3.63) is 11.7 Å². The van der Waals surface area contributed by atoms with Crippen molar-refractivity contribution < 1.29 is 9.26 Å². The summed E-state index contributed by atoms with van der Waals surface area (Å²) in [6, 6.07) is 0. The Bertz CT molecular complexity index is 422. The number of morpholine rings is 1. The molecule has 0 bridgehead atoms. The maximum Gasteiger partial charge on any atom is 0.257 e. The van der Waals surface area contributed by atoms with E-state index in [-0.39, 0.29) is 24.0 Å². The molecule has 0 spiro atoms. The smallest absolute Gasteiger partial charge is 0.257 e. The van der Waals surface area contributed by atoms with Gasteiger partial charge in [0.1, 0.15) is 6.10 Å². The first-order valence-electron chi connectivity index (χ1n) is 6.68. The van der Waals surface area contributed by atoms with E-state index >= 15 is 0 Å². The molecule has 108 valence electrons. The SMILES string of the molecule is CCN1CCOC(c2nc(C3(N)CCC3)no2)C1.Cl. The molecule has 0 amide bonds. The van der Waals surface area contributed by atoms with E-state index < -0.39 is 0 Å². The summed E-state index contributed by atoms with van der Waals surface area (Å²) in [5.74, 6) is 1.21. The molecule has 7 heteroatoms. The minimum Gasteiger partial charge on any atom is -0.366 e. The van der Waals surface area contributed by atoms with Crippen LogP contribution in [0.2, 0.25) is 0 Å². The molecule has 1 aromatic rings. The number of hydrogen-bond acceptors (Lipinski definition) is 6. The van der Waals surface area contributed by atoms with Crippen LogP contribution >= 0.6 is 12.4 Å². The van der Waals surface area contributed by atoms with Crippen molar-refractivity contribution in [2.75, 3.05) is 26.2 Å². The van der Waals surface area contributed by atoms with Crippen LogP contribution in [0, 0.1) is 0 Å². The number of likely N-dealkylation sites (N-methyl/N-ethyl adjacent to an activating group) is 1. The Hall–Kier alpha value is -0.690. The monoisotopic (exact) mass is 288 g/mol. The number of hydrogen-bond donors (Lipinski definition) is 1. The molecule has 1 atom stereocenters. The van der Waals surface area contributed by atoms with Crippen molar-refractivity contribution in [3.63, 3.8) is 0 Å². The number of ether oxygens (including phenoxy) is 1. The molecule has 2 heterocycles. The fourth-order valence-corrected chi connectivity index (χ4v) is 2.49. The van der Waals surface area contributed by atoms with E-state index in [2.05, 4.69) is 22.0 Å². The fraction of sp³-hybridized carbons (Fsp3) is 0.833. The van der Waals surface area contributed by atoms with E-state index in [1.807, 2.05) is 0 Å². The number of aromatic nitrogens is 2. The molecule has 2 N–H and O–H groups in total. The van der Waals surface area contributed by atoms with Gasteiger partial charge in [-0.2, -0.15) is 4.98 Å². The minimum absolute atomic E-state index is 0. The van der Waals surface area contributed by atoms with Gasteiger partial charge in [-0.05, 0) is 25.8 Å². The molecule has 1 saturated carbocycles. The molecule has 3 rings (SSSR count). The second-order valence-electron chi connectivity index (χ2n) is 5.22. The summed E-state index contributed by atoms with van der Waals surface area (Å²) in [5, 5.41) is 4.03. The molecule has 1 aromatic heterocycles. The normalized spacial score (nSPS) is 26.5. The first kappa shape index (κ1) is 14.7.